The van der Waals surface area contributed by atoms with Crippen molar-refractivity contribution in [2.24, 2.45) is 0 Å². The maximum atomic E-state index is 13.6. The second-order valence-corrected chi connectivity index (χ2v) is 9.78. The van der Waals surface area contributed by atoms with Crippen molar-refractivity contribution in [2.45, 2.75) is 53.4 Å². The largest absolute Gasteiger partial charge is 0.494 e. The predicted octanol–water partition coefficient (Wildman–Crippen LogP) is 6.32. The molecule has 1 heterocycles. The summed E-state index contributed by atoms with van der Waals surface area (Å²) < 4.78 is 13.5. The Bertz CT molecular complexity index is 1450. The van der Waals surface area contributed by atoms with Gasteiger partial charge < -0.3 is 19.1 Å². The molecule has 4 aromatic rings. The number of benzene rings is 3. The zero-order valence-corrected chi connectivity index (χ0v) is 22.0. The van der Waals surface area contributed by atoms with E-state index in [4.69, 9.17) is 9.47 Å². The van der Waals surface area contributed by atoms with Crippen LogP contribution in [0.3, 0.4) is 0 Å². The van der Waals surface area contributed by atoms with Gasteiger partial charge in [-0.05, 0) is 57.9 Å². The molecule has 0 radical (unpaired) electrons. The van der Waals surface area contributed by atoms with Crippen molar-refractivity contribution < 1.29 is 24.2 Å². The molecule has 0 saturated heterocycles. The Morgan fingerprint density at radius 2 is 1.65 bits per heavy atom. The number of ether oxygens (including phenoxy) is 2. The van der Waals surface area contributed by atoms with Gasteiger partial charge in [0.1, 0.15) is 5.75 Å². The van der Waals surface area contributed by atoms with Crippen LogP contribution < -0.4 is 4.74 Å². The molecular weight excluding hydrogens is 466 g/mol. The van der Waals surface area contributed by atoms with Crippen LogP contribution in [-0.2, 0) is 22.7 Å². The van der Waals surface area contributed by atoms with Gasteiger partial charge in [-0.15, -0.1) is 0 Å². The van der Waals surface area contributed by atoms with Crippen molar-refractivity contribution in [3.8, 4) is 5.75 Å². The highest BCUT2D eigenvalue weighted by Gasteiger charge is 2.28. The van der Waals surface area contributed by atoms with Crippen molar-refractivity contribution in [3.05, 3.63) is 100 Å². The lowest BCUT2D eigenvalue weighted by atomic mass is 9.99. The average molecular weight is 500 g/mol. The lowest BCUT2D eigenvalue weighted by Crippen LogP contribution is -2.34. The van der Waals surface area contributed by atoms with Gasteiger partial charge in [0.25, 0.3) is 0 Å². The molecule has 1 aromatic heterocycles. The molecule has 192 valence electrons. The first-order valence-corrected chi connectivity index (χ1v) is 12.4. The summed E-state index contributed by atoms with van der Waals surface area (Å²) in [6, 6.07) is 21.4. The quantitative estimate of drug-likeness (QED) is 0.259. The molecule has 3 aromatic carbocycles. The number of rotatable bonds is 10. The van der Waals surface area contributed by atoms with Gasteiger partial charge in [0.15, 0.2) is 11.4 Å². The SMILES string of the molecule is CCOc1ccc2c(C(=O)c3ccc(C)cc3)c(C)n(Cc3cccc(COC(C)(C)C(=O)O)c3)c2c1. The number of carbonyl (C=O) groups is 2. The molecule has 0 fully saturated rings. The van der Waals surface area contributed by atoms with E-state index in [1.807, 2.05) is 87.5 Å². The van der Waals surface area contributed by atoms with Crippen LogP contribution in [0.25, 0.3) is 10.9 Å². The number of aromatic nitrogens is 1. The number of fused-ring (bicyclic) bond motifs is 1. The predicted molar refractivity (Wildman–Crippen MR) is 145 cm³/mol. The van der Waals surface area contributed by atoms with Gasteiger partial charge >= 0.3 is 5.97 Å². The number of hydrogen-bond acceptors (Lipinski definition) is 4. The number of ketones is 1. The summed E-state index contributed by atoms with van der Waals surface area (Å²) in [7, 11) is 0. The minimum absolute atomic E-state index is 0.0107. The van der Waals surface area contributed by atoms with Crippen LogP contribution in [-0.4, -0.2) is 33.6 Å². The van der Waals surface area contributed by atoms with Crippen LogP contribution in [0.1, 0.15) is 59.1 Å². The molecule has 0 aliphatic rings. The van der Waals surface area contributed by atoms with Gasteiger partial charge in [-0.1, -0.05) is 54.1 Å². The van der Waals surface area contributed by atoms with E-state index in [-0.39, 0.29) is 12.4 Å². The maximum absolute atomic E-state index is 13.6. The molecule has 37 heavy (non-hydrogen) atoms. The zero-order chi connectivity index (χ0) is 26.7. The summed E-state index contributed by atoms with van der Waals surface area (Å²) >= 11 is 0. The fourth-order valence-electron chi connectivity index (χ4n) is 4.38. The second-order valence-electron chi connectivity index (χ2n) is 9.78. The van der Waals surface area contributed by atoms with Crippen molar-refractivity contribution >= 4 is 22.7 Å². The topological polar surface area (TPSA) is 77.8 Å². The minimum atomic E-state index is -1.27. The summed E-state index contributed by atoms with van der Waals surface area (Å²) in [6.07, 6.45) is 0. The van der Waals surface area contributed by atoms with E-state index in [0.717, 1.165) is 39.0 Å². The Labute approximate surface area is 217 Å². The third kappa shape index (κ3) is 5.59. The first-order valence-electron chi connectivity index (χ1n) is 12.4. The molecule has 0 aliphatic carbocycles. The van der Waals surface area contributed by atoms with Crippen LogP contribution in [0.15, 0.2) is 66.7 Å². The molecule has 4 rings (SSSR count). The molecule has 0 bridgehead atoms. The molecule has 0 spiro atoms. The number of carbonyl (C=O) groups excluding carboxylic acids is 1. The van der Waals surface area contributed by atoms with Crippen molar-refractivity contribution in [3.63, 3.8) is 0 Å². The van der Waals surface area contributed by atoms with Crippen LogP contribution in [0.4, 0.5) is 0 Å². The first-order chi connectivity index (χ1) is 17.6. The number of carboxylic acid groups (broad SMARTS) is 1. The smallest absolute Gasteiger partial charge is 0.335 e. The zero-order valence-electron chi connectivity index (χ0n) is 22.0. The maximum Gasteiger partial charge on any atom is 0.335 e. The van der Waals surface area contributed by atoms with Gasteiger partial charge in [0, 0.05) is 29.3 Å². The molecular formula is C31H33NO5. The van der Waals surface area contributed by atoms with E-state index in [0.29, 0.717) is 24.3 Å². The van der Waals surface area contributed by atoms with Crippen molar-refractivity contribution in [1.82, 2.24) is 4.57 Å². The summed E-state index contributed by atoms with van der Waals surface area (Å²) in [6.45, 7) is 10.3. The fourth-order valence-corrected chi connectivity index (χ4v) is 4.38. The monoisotopic (exact) mass is 499 g/mol. The van der Waals surface area contributed by atoms with E-state index in [1.54, 1.807) is 0 Å². The molecule has 6 heteroatoms. The molecule has 0 atom stereocenters. The summed E-state index contributed by atoms with van der Waals surface area (Å²) in [5.74, 6) is -0.265. The number of carboxylic acids is 1. The van der Waals surface area contributed by atoms with Crippen LogP contribution in [0.5, 0.6) is 5.75 Å². The van der Waals surface area contributed by atoms with Gasteiger partial charge in [0.2, 0.25) is 0 Å². The Morgan fingerprint density at radius 3 is 2.32 bits per heavy atom. The molecule has 0 aliphatic heterocycles. The molecule has 0 saturated carbocycles. The number of aliphatic carboxylic acids is 1. The fraction of sp³-hybridized carbons (Fsp3) is 0.290. The second kappa shape index (κ2) is 10.6. The Morgan fingerprint density at radius 1 is 0.946 bits per heavy atom. The highest BCUT2D eigenvalue weighted by atomic mass is 16.5. The van der Waals surface area contributed by atoms with Gasteiger partial charge in [0.05, 0.1) is 24.3 Å². The lowest BCUT2D eigenvalue weighted by molar-refractivity contribution is -0.162. The van der Waals surface area contributed by atoms with Crippen LogP contribution in [0, 0.1) is 13.8 Å². The summed E-state index contributed by atoms with van der Waals surface area (Å²) in [4.78, 5) is 25.0. The molecule has 0 unspecified atom stereocenters. The number of hydrogen-bond donors (Lipinski definition) is 1. The van der Waals surface area contributed by atoms with Gasteiger partial charge in [-0.3, -0.25) is 4.79 Å². The third-order valence-electron chi connectivity index (χ3n) is 6.59. The van der Waals surface area contributed by atoms with Gasteiger partial charge in [-0.2, -0.15) is 0 Å². The normalized spacial score (nSPS) is 11.6. The van der Waals surface area contributed by atoms with E-state index in [1.165, 1.54) is 13.8 Å². The highest BCUT2D eigenvalue weighted by molar-refractivity contribution is 6.17. The van der Waals surface area contributed by atoms with Gasteiger partial charge in [-0.25, -0.2) is 4.79 Å². The first kappa shape index (κ1) is 26.2. The molecule has 0 amide bonds. The van der Waals surface area contributed by atoms with E-state index in [2.05, 4.69) is 4.57 Å². The van der Waals surface area contributed by atoms with Crippen molar-refractivity contribution in [1.29, 1.82) is 0 Å². The average Bonchev–Trinajstić information content (AvgIpc) is 3.14. The molecule has 1 N–H and O–H groups in total. The Kier molecular flexibility index (Phi) is 7.50. The Balaban J connectivity index is 1.74. The van der Waals surface area contributed by atoms with Crippen LogP contribution >= 0.6 is 0 Å². The minimum Gasteiger partial charge on any atom is -0.494 e. The lowest BCUT2D eigenvalue weighted by Gasteiger charge is -2.20. The van der Waals surface area contributed by atoms with Crippen LogP contribution in [0.2, 0.25) is 0 Å². The third-order valence-corrected chi connectivity index (χ3v) is 6.59. The van der Waals surface area contributed by atoms with E-state index < -0.39 is 11.6 Å². The summed E-state index contributed by atoms with van der Waals surface area (Å²) in [5, 5.41) is 10.2. The highest BCUT2D eigenvalue weighted by Crippen LogP contribution is 2.32. The molecule has 6 nitrogen and oxygen atoms in total. The van der Waals surface area contributed by atoms with Crippen molar-refractivity contribution in [2.75, 3.05) is 6.61 Å². The van der Waals surface area contributed by atoms with E-state index in [9.17, 15) is 14.7 Å². The van der Waals surface area contributed by atoms with E-state index >= 15 is 0 Å². The standard InChI is InChI=1S/C31H33NO5/c1-6-36-25-14-15-26-27(17-25)32(21(3)28(26)29(33)24-12-10-20(2)11-13-24)18-22-8-7-9-23(16-22)19-37-31(4,5)30(34)35/h7-17H,6,18-19H2,1-5H3,(H,34,35). The number of nitrogens with zero attached hydrogens (tertiary/aromatic N) is 1. The summed E-state index contributed by atoms with van der Waals surface area (Å²) in [5.41, 5.74) is 4.87. The number of aryl methyl sites for hydroxylation is 1. The Hall–Kier alpha value is -3.90.